The SMILES string of the molecule is CC(C)CCCCCCC[CH][S]. The number of hydrogen-bond donors (Lipinski definition) is 0. The van der Waals surface area contributed by atoms with Crippen molar-refractivity contribution in [3.8, 4) is 0 Å². The van der Waals surface area contributed by atoms with E-state index in [4.69, 9.17) is 12.6 Å². The van der Waals surface area contributed by atoms with Crippen LogP contribution in [0.4, 0.5) is 0 Å². The van der Waals surface area contributed by atoms with Gasteiger partial charge in [-0.2, -0.15) is 0 Å². The Hall–Kier alpha value is 0.350. The van der Waals surface area contributed by atoms with Gasteiger partial charge in [0.1, 0.15) is 0 Å². The molecule has 0 aliphatic rings. The molecule has 0 heterocycles. The lowest BCUT2D eigenvalue weighted by atomic mass is 10.0. The minimum atomic E-state index is 0.881. The van der Waals surface area contributed by atoms with Crippen LogP contribution in [0.2, 0.25) is 0 Å². The standard InChI is InChI=1S/C11H22S/c1-11(2)9-7-5-3-4-6-8-10-12/h10-11H,3-9H2,1-2H3. The van der Waals surface area contributed by atoms with Crippen LogP contribution in [-0.2, 0) is 0 Å². The lowest BCUT2D eigenvalue weighted by molar-refractivity contribution is 0.515. The van der Waals surface area contributed by atoms with E-state index in [0.717, 1.165) is 12.3 Å². The fourth-order valence-corrected chi connectivity index (χ4v) is 1.48. The maximum absolute atomic E-state index is 4.76. The first-order chi connectivity index (χ1) is 5.77. The molecule has 0 fully saturated rings. The first-order valence-electron chi connectivity index (χ1n) is 5.21. The molecular formula is C11H22S. The number of hydrogen-bond acceptors (Lipinski definition) is 0. The molecule has 0 N–H and O–H groups in total. The van der Waals surface area contributed by atoms with Crippen molar-refractivity contribution in [3.05, 3.63) is 5.75 Å². The zero-order chi connectivity index (χ0) is 9.23. The van der Waals surface area contributed by atoms with Gasteiger partial charge in [-0.1, -0.05) is 65.0 Å². The van der Waals surface area contributed by atoms with E-state index in [9.17, 15) is 0 Å². The lowest BCUT2D eigenvalue weighted by Gasteiger charge is -2.03. The summed E-state index contributed by atoms with van der Waals surface area (Å²) in [5.41, 5.74) is 0. The first-order valence-corrected chi connectivity index (χ1v) is 5.68. The van der Waals surface area contributed by atoms with E-state index in [-0.39, 0.29) is 0 Å². The summed E-state index contributed by atoms with van der Waals surface area (Å²) in [5.74, 6) is 2.74. The van der Waals surface area contributed by atoms with Gasteiger partial charge < -0.3 is 0 Å². The van der Waals surface area contributed by atoms with Crippen molar-refractivity contribution in [3.63, 3.8) is 0 Å². The van der Waals surface area contributed by atoms with Crippen LogP contribution in [0.1, 0.15) is 58.8 Å². The molecule has 72 valence electrons. The summed E-state index contributed by atoms with van der Waals surface area (Å²) in [7, 11) is 0. The zero-order valence-electron chi connectivity index (χ0n) is 8.51. The summed E-state index contributed by atoms with van der Waals surface area (Å²) < 4.78 is 0. The highest BCUT2D eigenvalue weighted by Gasteiger charge is 1.94. The number of rotatable bonds is 8. The van der Waals surface area contributed by atoms with Crippen molar-refractivity contribution in [2.45, 2.75) is 58.8 Å². The van der Waals surface area contributed by atoms with Crippen molar-refractivity contribution >= 4 is 12.6 Å². The fourth-order valence-electron chi connectivity index (χ4n) is 1.31. The van der Waals surface area contributed by atoms with E-state index in [0.29, 0.717) is 0 Å². The molecule has 0 amide bonds. The highest BCUT2D eigenvalue weighted by atomic mass is 32.1. The van der Waals surface area contributed by atoms with E-state index >= 15 is 0 Å². The highest BCUT2D eigenvalue weighted by molar-refractivity contribution is 7.82. The zero-order valence-corrected chi connectivity index (χ0v) is 9.33. The molecule has 0 saturated heterocycles. The summed E-state index contributed by atoms with van der Waals surface area (Å²) in [6.45, 7) is 4.60. The van der Waals surface area contributed by atoms with E-state index < -0.39 is 0 Å². The minimum Gasteiger partial charge on any atom is -0.0892 e. The maximum Gasteiger partial charge on any atom is 0.0278 e. The van der Waals surface area contributed by atoms with Crippen LogP contribution in [0.5, 0.6) is 0 Å². The molecule has 0 saturated carbocycles. The second kappa shape index (κ2) is 9.44. The summed E-state index contributed by atoms with van der Waals surface area (Å²) in [4.78, 5) is 0. The van der Waals surface area contributed by atoms with Crippen LogP contribution < -0.4 is 0 Å². The Bertz CT molecular complexity index is 79.1. The van der Waals surface area contributed by atoms with Gasteiger partial charge in [0.15, 0.2) is 0 Å². The Labute approximate surface area is 83.5 Å². The predicted molar refractivity (Wildman–Crippen MR) is 59.0 cm³/mol. The Morgan fingerprint density at radius 2 is 1.58 bits per heavy atom. The van der Waals surface area contributed by atoms with Gasteiger partial charge in [-0.05, 0) is 12.3 Å². The molecule has 0 spiro atoms. The van der Waals surface area contributed by atoms with E-state index in [2.05, 4.69) is 13.8 Å². The Balaban J connectivity index is 2.82. The Kier molecular flexibility index (Phi) is 9.71. The van der Waals surface area contributed by atoms with Gasteiger partial charge in [0.05, 0.1) is 0 Å². The van der Waals surface area contributed by atoms with Crippen LogP contribution >= 0.6 is 12.6 Å². The van der Waals surface area contributed by atoms with Gasteiger partial charge in [0.2, 0.25) is 0 Å². The molecule has 0 rings (SSSR count). The summed E-state index contributed by atoms with van der Waals surface area (Å²) in [6.07, 6.45) is 9.41. The predicted octanol–water partition coefficient (Wildman–Crippen LogP) is 4.73. The molecule has 0 aromatic rings. The molecule has 2 radical (unpaired) electrons. The van der Waals surface area contributed by atoms with Crippen molar-refractivity contribution in [1.82, 2.24) is 0 Å². The van der Waals surface area contributed by atoms with E-state index in [1.54, 1.807) is 0 Å². The van der Waals surface area contributed by atoms with E-state index in [1.165, 1.54) is 38.5 Å². The molecule has 1 heteroatoms. The normalized spacial score (nSPS) is 11.0. The first kappa shape index (κ1) is 12.3. The topological polar surface area (TPSA) is 0 Å². The van der Waals surface area contributed by atoms with Gasteiger partial charge in [-0.3, -0.25) is 0 Å². The quantitative estimate of drug-likeness (QED) is 0.481. The van der Waals surface area contributed by atoms with Crippen LogP contribution in [0.25, 0.3) is 0 Å². The van der Waals surface area contributed by atoms with Gasteiger partial charge in [0, 0.05) is 5.75 Å². The molecule has 0 aromatic carbocycles. The molecule has 0 bridgehead atoms. The van der Waals surface area contributed by atoms with Crippen LogP contribution in [0, 0.1) is 11.7 Å². The number of unbranched alkanes of at least 4 members (excludes halogenated alkanes) is 5. The van der Waals surface area contributed by atoms with Crippen LogP contribution in [0.3, 0.4) is 0 Å². The van der Waals surface area contributed by atoms with Crippen molar-refractivity contribution < 1.29 is 0 Å². The molecule has 0 aromatic heterocycles. The van der Waals surface area contributed by atoms with Crippen molar-refractivity contribution in [1.29, 1.82) is 0 Å². The molecule has 0 unspecified atom stereocenters. The third-order valence-corrected chi connectivity index (χ3v) is 2.34. The lowest BCUT2D eigenvalue weighted by Crippen LogP contribution is -1.87. The van der Waals surface area contributed by atoms with Gasteiger partial charge in [0.25, 0.3) is 0 Å². The Morgan fingerprint density at radius 3 is 2.17 bits per heavy atom. The largest absolute Gasteiger partial charge is 0.0892 e. The summed E-state index contributed by atoms with van der Waals surface area (Å²) in [5, 5.41) is 0. The second-order valence-corrected chi connectivity index (χ2v) is 4.24. The average molecular weight is 186 g/mol. The second-order valence-electron chi connectivity index (χ2n) is 3.91. The molecule has 0 atom stereocenters. The smallest absolute Gasteiger partial charge is 0.0278 e. The van der Waals surface area contributed by atoms with Crippen molar-refractivity contribution in [2.75, 3.05) is 0 Å². The molecule has 0 nitrogen and oxygen atoms in total. The average Bonchev–Trinajstić information content (AvgIpc) is 2.02. The highest BCUT2D eigenvalue weighted by Crippen LogP contribution is 2.11. The third-order valence-electron chi connectivity index (χ3n) is 2.10. The van der Waals surface area contributed by atoms with Crippen LogP contribution in [0.15, 0.2) is 0 Å². The molecular weight excluding hydrogens is 164 g/mol. The monoisotopic (exact) mass is 186 g/mol. The summed E-state index contributed by atoms with van der Waals surface area (Å²) >= 11 is 4.76. The van der Waals surface area contributed by atoms with Gasteiger partial charge in [-0.15, -0.1) is 0 Å². The Morgan fingerprint density at radius 1 is 1.00 bits per heavy atom. The third kappa shape index (κ3) is 10.3. The fraction of sp³-hybridized carbons (Fsp3) is 0.909. The summed E-state index contributed by atoms with van der Waals surface area (Å²) in [6, 6.07) is 0. The van der Waals surface area contributed by atoms with Crippen molar-refractivity contribution in [2.24, 2.45) is 5.92 Å². The van der Waals surface area contributed by atoms with Crippen LogP contribution in [-0.4, -0.2) is 0 Å². The van der Waals surface area contributed by atoms with Gasteiger partial charge >= 0.3 is 0 Å². The minimum absolute atomic E-state index is 0.881. The van der Waals surface area contributed by atoms with E-state index in [1.807, 2.05) is 5.75 Å². The molecule has 0 aliphatic carbocycles. The molecule has 0 aliphatic heterocycles. The molecule has 12 heavy (non-hydrogen) atoms. The maximum atomic E-state index is 4.76. The van der Waals surface area contributed by atoms with Gasteiger partial charge in [-0.25, -0.2) is 0 Å².